The summed E-state index contributed by atoms with van der Waals surface area (Å²) < 4.78 is 54.5. The van der Waals surface area contributed by atoms with Gasteiger partial charge in [0, 0.05) is 31.4 Å². The van der Waals surface area contributed by atoms with Gasteiger partial charge in [0.2, 0.25) is 0 Å². The summed E-state index contributed by atoms with van der Waals surface area (Å²) in [5, 5.41) is 7.72. The molecule has 3 aromatic heterocycles. The largest absolute Gasteiger partial charge is 0.494 e. The van der Waals surface area contributed by atoms with E-state index < -0.39 is 26.7 Å². The molecule has 0 aliphatic rings. The number of aromatic nitrogens is 6. The number of hydrogen-bond donors (Lipinski definition) is 0. The molecule has 0 aliphatic heterocycles. The molecule has 3 heterocycles. The summed E-state index contributed by atoms with van der Waals surface area (Å²) in [6.07, 6.45) is 5.77. The van der Waals surface area contributed by atoms with Crippen molar-refractivity contribution in [1.29, 1.82) is 0 Å². The fraction of sp³-hybridized carbons (Fsp3) is 0.304. The highest BCUT2D eigenvalue weighted by atomic mass is 32.2. The van der Waals surface area contributed by atoms with E-state index in [2.05, 4.69) is 20.2 Å². The number of sulfone groups is 1. The van der Waals surface area contributed by atoms with E-state index in [1.165, 1.54) is 14.2 Å². The van der Waals surface area contributed by atoms with Gasteiger partial charge in [0.1, 0.15) is 28.8 Å². The second-order valence-corrected chi connectivity index (χ2v) is 10.4. The molecule has 0 spiro atoms. The summed E-state index contributed by atoms with van der Waals surface area (Å²) in [4.78, 5) is 7.75. The van der Waals surface area contributed by atoms with Crippen LogP contribution in [0.4, 0.5) is 4.39 Å². The minimum absolute atomic E-state index is 0.0280. The van der Waals surface area contributed by atoms with E-state index >= 15 is 0 Å². The SMILES string of the molecule is COc1cccc(OC)c1-n1c(CS(=O)(=O)[C@H](C)Cc2ncc(F)cn2)nnc1-c1ccn(C)c1. The summed E-state index contributed by atoms with van der Waals surface area (Å²) in [7, 11) is 1.17. The maximum Gasteiger partial charge on any atom is 0.170 e. The third-order valence-electron chi connectivity index (χ3n) is 5.53. The number of methoxy groups -OCH3 is 2. The number of benzene rings is 1. The molecule has 0 fully saturated rings. The molecule has 35 heavy (non-hydrogen) atoms. The number of para-hydroxylation sites is 1. The third-order valence-corrected chi connectivity index (χ3v) is 7.59. The zero-order valence-corrected chi connectivity index (χ0v) is 20.5. The highest BCUT2D eigenvalue weighted by molar-refractivity contribution is 7.91. The fourth-order valence-corrected chi connectivity index (χ4v) is 4.90. The molecule has 0 N–H and O–H groups in total. The molecule has 184 valence electrons. The van der Waals surface area contributed by atoms with Crippen molar-refractivity contribution in [3.63, 3.8) is 0 Å². The number of nitrogens with zero attached hydrogens (tertiary/aromatic N) is 6. The molecule has 0 saturated carbocycles. The second kappa shape index (κ2) is 9.82. The maximum atomic E-state index is 13.3. The second-order valence-electron chi connectivity index (χ2n) is 7.99. The van der Waals surface area contributed by atoms with Crippen LogP contribution in [0.1, 0.15) is 18.6 Å². The number of halogens is 1. The lowest BCUT2D eigenvalue weighted by atomic mass is 10.2. The van der Waals surface area contributed by atoms with Crippen molar-refractivity contribution in [3.8, 4) is 28.6 Å². The Morgan fingerprint density at radius 1 is 1.06 bits per heavy atom. The summed E-state index contributed by atoms with van der Waals surface area (Å²) in [6, 6.07) is 7.13. The van der Waals surface area contributed by atoms with Crippen LogP contribution in [-0.4, -0.2) is 57.2 Å². The monoisotopic (exact) mass is 500 g/mol. The average molecular weight is 501 g/mol. The first-order chi connectivity index (χ1) is 16.7. The molecule has 12 heteroatoms. The lowest BCUT2D eigenvalue weighted by molar-refractivity contribution is 0.391. The molecule has 1 atom stereocenters. The highest BCUT2D eigenvalue weighted by Crippen LogP contribution is 2.36. The molecule has 0 amide bonds. The Balaban J connectivity index is 1.79. The molecular formula is C23H25FN6O4S. The van der Waals surface area contributed by atoms with Gasteiger partial charge in [-0.3, -0.25) is 4.57 Å². The van der Waals surface area contributed by atoms with Crippen LogP contribution in [-0.2, 0) is 29.1 Å². The Morgan fingerprint density at radius 3 is 2.29 bits per heavy atom. The first-order valence-corrected chi connectivity index (χ1v) is 12.4. The van der Waals surface area contributed by atoms with Crippen molar-refractivity contribution < 1.29 is 22.3 Å². The standard InChI is InChI=1S/C23H25FN6O4S/c1-15(10-20-25-11-17(24)12-26-20)35(31,32)14-21-27-28-23(16-8-9-29(2)13-16)30(21)22-18(33-3)6-5-7-19(22)34-4/h5-9,11-13,15H,10,14H2,1-4H3/t15-/m1/s1. The zero-order chi connectivity index (χ0) is 25.2. The molecule has 4 rings (SSSR count). The van der Waals surface area contributed by atoms with Gasteiger partial charge in [0.25, 0.3) is 0 Å². The van der Waals surface area contributed by atoms with Crippen molar-refractivity contribution in [1.82, 2.24) is 29.3 Å². The predicted octanol–water partition coefficient (Wildman–Crippen LogP) is 2.77. The normalized spacial score (nSPS) is 12.5. The quantitative estimate of drug-likeness (QED) is 0.345. The Morgan fingerprint density at radius 2 is 1.71 bits per heavy atom. The van der Waals surface area contributed by atoms with Crippen LogP contribution in [0.15, 0.2) is 49.1 Å². The van der Waals surface area contributed by atoms with Gasteiger partial charge in [-0.05, 0) is 25.1 Å². The van der Waals surface area contributed by atoms with E-state index in [-0.39, 0.29) is 18.1 Å². The van der Waals surface area contributed by atoms with Crippen molar-refractivity contribution >= 4 is 9.84 Å². The Labute approximate surface area is 202 Å². The summed E-state index contributed by atoms with van der Waals surface area (Å²) in [6.45, 7) is 1.56. The van der Waals surface area contributed by atoms with Gasteiger partial charge >= 0.3 is 0 Å². The molecule has 4 aromatic rings. The van der Waals surface area contributed by atoms with Crippen LogP contribution >= 0.6 is 0 Å². The number of ether oxygens (including phenoxy) is 2. The van der Waals surface area contributed by atoms with Gasteiger partial charge in [0.05, 0.1) is 31.9 Å². The van der Waals surface area contributed by atoms with Crippen LogP contribution in [0.5, 0.6) is 11.5 Å². The lowest BCUT2D eigenvalue weighted by Crippen LogP contribution is -2.24. The van der Waals surface area contributed by atoms with E-state index in [0.29, 0.717) is 23.0 Å². The Kier molecular flexibility index (Phi) is 6.83. The van der Waals surface area contributed by atoms with E-state index in [0.717, 1.165) is 18.0 Å². The smallest absolute Gasteiger partial charge is 0.170 e. The van der Waals surface area contributed by atoms with Crippen LogP contribution < -0.4 is 9.47 Å². The fourth-order valence-electron chi connectivity index (χ4n) is 3.67. The average Bonchev–Trinajstić information content (AvgIpc) is 3.45. The van der Waals surface area contributed by atoms with Crippen molar-refractivity contribution in [2.75, 3.05) is 14.2 Å². The van der Waals surface area contributed by atoms with Crippen molar-refractivity contribution in [2.45, 2.75) is 24.3 Å². The topological polar surface area (TPSA) is 114 Å². The minimum Gasteiger partial charge on any atom is -0.494 e. The number of hydrogen-bond acceptors (Lipinski definition) is 8. The summed E-state index contributed by atoms with van der Waals surface area (Å²) in [5.74, 6) is 0.806. The van der Waals surface area contributed by atoms with Gasteiger partial charge in [-0.1, -0.05) is 6.07 Å². The van der Waals surface area contributed by atoms with Crippen molar-refractivity contribution in [2.24, 2.45) is 7.05 Å². The van der Waals surface area contributed by atoms with Crippen molar-refractivity contribution in [3.05, 3.63) is 66.5 Å². The molecule has 0 aliphatic carbocycles. The number of rotatable bonds is 9. The lowest BCUT2D eigenvalue weighted by Gasteiger charge is -2.18. The molecule has 0 unspecified atom stereocenters. The minimum atomic E-state index is -3.74. The predicted molar refractivity (Wildman–Crippen MR) is 127 cm³/mol. The van der Waals surface area contributed by atoms with Gasteiger partial charge in [-0.25, -0.2) is 22.8 Å². The highest BCUT2D eigenvalue weighted by Gasteiger charge is 2.29. The third kappa shape index (κ3) is 5.02. The molecule has 10 nitrogen and oxygen atoms in total. The van der Waals surface area contributed by atoms with E-state index in [1.807, 2.05) is 30.1 Å². The van der Waals surface area contributed by atoms with Gasteiger partial charge in [-0.15, -0.1) is 10.2 Å². The van der Waals surface area contributed by atoms with E-state index in [1.54, 1.807) is 29.7 Å². The molecule has 0 radical (unpaired) electrons. The van der Waals surface area contributed by atoms with E-state index in [9.17, 15) is 12.8 Å². The van der Waals surface area contributed by atoms with Crippen LogP contribution in [0.3, 0.4) is 0 Å². The first-order valence-electron chi connectivity index (χ1n) is 10.7. The van der Waals surface area contributed by atoms with Crippen LogP contribution in [0.2, 0.25) is 0 Å². The van der Waals surface area contributed by atoms with Gasteiger partial charge in [-0.2, -0.15) is 0 Å². The van der Waals surface area contributed by atoms with Gasteiger partial charge in [0.15, 0.2) is 27.3 Å². The van der Waals surface area contributed by atoms with Gasteiger partial charge < -0.3 is 14.0 Å². The maximum absolute atomic E-state index is 13.3. The Hall–Kier alpha value is -3.80. The molecular weight excluding hydrogens is 475 g/mol. The first kappa shape index (κ1) is 24.3. The number of aryl methyl sites for hydroxylation is 1. The molecule has 0 saturated heterocycles. The summed E-state index contributed by atoms with van der Waals surface area (Å²) >= 11 is 0. The van der Waals surface area contributed by atoms with Crippen LogP contribution in [0.25, 0.3) is 17.1 Å². The molecule has 1 aromatic carbocycles. The summed E-state index contributed by atoms with van der Waals surface area (Å²) in [5.41, 5.74) is 1.23. The van der Waals surface area contributed by atoms with Crippen LogP contribution in [0, 0.1) is 5.82 Å². The van der Waals surface area contributed by atoms with E-state index in [4.69, 9.17) is 9.47 Å². The molecule has 0 bridgehead atoms. The Bertz CT molecular complexity index is 1410. The zero-order valence-electron chi connectivity index (χ0n) is 19.7.